The zero-order chi connectivity index (χ0) is 21.6. The summed E-state index contributed by atoms with van der Waals surface area (Å²) in [7, 11) is 1.61. The number of carbonyl (C=O) groups is 1. The second-order valence-corrected chi connectivity index (χ2v) is 7.93. The van der Waals surface area contributed by atoms with Crippen LogP contribution in [0.25, 0.3) is 10.2 Å². The topological polar surface area (TPSA) is 64.6 Å². The van der Waals surface area contributed by atoms with Gasteiger partial charge in [-0.15, -0.1) is 0 Å². The number of hydrogen-bond acceptors (Lipinski definition) is 6. The molecule has 0 aliphatic heterocycles. The first-order chi connectivity index (χ1) is 15.2. The Morgan fingerprint density at radius 1 is 1.06 bits per heavy atom. The normalized spacial score (nSPS) is 10.8. The van der Waals surface area contributed by atoms with Crippen LogP contribution >= 0.6 is 11.3 Å². The molecule has 2 heterocycles. The standard InChI is InChI=1S/C24H23N3O3S/c1-3-17-7-12-21-22(14-17)31-24(26-21)27(15-18-6-4-5-13-25-18)23(28)16-30-20-10-8-19(29-2)9-11-20/h4-14H,3,15-16H2,1-2H3. The SMILES string of the molecule is CCc1ccc2nc(N(Cc3ccccn3)C(=O)COc3ccc(OC)cc3)sc2c1. The van der Waals surface area contributed by atoms with E-state index in [-0.39, 0.29) is 12.5 Å². The number of rotatable bonds is 8. The summed E-state index contributed by atoms with van der Waals surface area (Å²) >= 11 is 1.50. The van der Waals surface area contributed by atoms with E-state index in [0.717, 1.165) is 28.1 Å². The number of aryl methyl sites for hydroxylation is 1. The molecular formula is C24H23N3O3S. The Balaban J connectivity index is 1.58. The van der Waals surface area contributed by atoms with E-state index < -0.39 is 0 Å². The molecule has 31 heavy (non-hydrogen) atoms. The van der Waals surface area contributed by atoms with E-state index in [2.05, 4.69) is 24.0 Å². The van der Waals surface area contributed by atoms with Crippen molar-refractivity contribution in [3.8, 4) is 11.5 Å². The molecule has 0 bridgehead atoms. The van der Waals surface area contributed by atoms with Crippen LogP contribution in [0, 0.1) is 0 Å². The van der Waals surface area contributed by atoms with Crippen molar-refractivity contribution >= 4 is 32.6 Å². The van der Waals surface area contributed by atoms with Crippen LogP contribution in [-0.4, -0.2) is 29.6 Å². The number of fused-ring (bicyclic) bond motifs is 1. The van der Waals surface area contributed by atoms with Gasteiger partial charge in [0.25, 0.3) is 5.91 Å². The van der Waals surface area contributed by atoms with Gasteiger partial charge >= 0.3 is 0 Å². The number of aromatic nitrogens is 2. The van der Waals surface area contributed by atoms with E-state index >= 15 is 0 Å². The second kappa shape index (κ2) is 9.57. The summed E-state index contributed by atoms with van der Waals surface area (Å²) in [6, 6.07) is 19.0. The van der Waals surface area contributed by atoms with Crippen LogP contribution in [-0.2, 0) is 17.8 Å². The third-order valence-corrected chi connectivity index (χ3v) is 5.89. The highest BCUT2D eigenvalue weighted by molar-refractivity contribution is 7.22. The number of anilines is 1. The monoisotopic (exact) mass is 433 g/mol. The van der Waals surface area contributed by atoms with Crippen LogP contribution in [0.3, 0.4) is 0 Å². The van der Waals surface area contributed by atoms with Crippen LogP contribution in [0.5, 0.6) is 11.5 Å². The summed E-state index contributed by atoms with van der Waals surface area (Å²) in [5, 5.41) is 0.636. The molecule has 0 atom stereocenters. The lowest BCUT2D eigenvalue weighted by molar-refractivity contribution is -0.120. The lowest BCUT2D eigenvalue weighted by atomic mass is 10.2. The van der Waals surface area contributed by atoms with Gasteiger partial charge in [-0.1, -0.05) is 30.4 Å². The summed E-state index contributed by atoms with van der Waals surface area (Å²) in [6.45, 7) is 2.35. The van der Waals surface area contributed by atoms with Crippen molar-refractivity contribution in [2.45, 2.75) is 19.9 Å². The lowest BCUT2D eigenvalue weighted by Crippen LogP contribution is -2.34. The fourth-order valence-corrected chi connectivity index (χ4v) is 4.15. The van der Waals surface area contributed by atoms with Gasteiger partial charge in [0.05, 0.1) is 29.6 Å². The van der Waals surface area contributed by atoms with E-state index in [1.54, 1.807) is 42.5 Å². The Bertz CT molecular complexity index is 1160. The predicted octanol–water partition coefficient (Wildman–Crippen LogP) is 4.87. The number of ether oxygens (including phenoxy) is 2. The number of hydrogen-bond donors (Lipinski definition) is 0. The fourth-order valence-electron chi connectivity index (χ4n) is 3.10. The Morgan fingerprint density at radius 2 is 1.87 bits per heavy atom. The summed E-state index contributed by atoms with van der Waals surface area (Å²) in [6.07, 6.45) is 2.67. The van der Waals surface area contributed by atoms with Crippen molar-refractivity contribution in [1.29, 1.82) is 0 Å². The van der Waals surface area contributed by atoms with E-state index in [1.807, 2.05) is 24.3 Å². The number of amides is 1. The van der Waals surface area contributed by atoms with Crippen LogP contribution in [0.15, 0.2) is 66.9 Å². The molecule has 2 aromatic heterocycles. The third kappa shape index (κ3) is 5.00. The molecule has 7 heteroatoms. The average Bonchev–Trinajstić information content (AvgIpc) is 3.25. The minimum Gasteiger partial charge on any atom is -0.497 e. The van der Waals surface area contributed by atoms with E-state index in [9.17, 15) is 4.79 Å². The maximum atomic E-state index is 13.2. The Hall–Kier alpha value is -3.45. The summed E-state index contributed by atoms with van der Waals surface area (Å²) in [5.41, 5.74) is 2.91. The molecule has 0 N–H and O–H groups in total. The van der Waals surface area contributed by atoms with Gasteiger partial charge in [-0.2, -0.15) is 0 Å². The van der Waals surface area contributed by atoms with Gasteiger partial charge < -0.3 is 9.47 Å². The molecule has 4 aromatic rings. The van der Waals surface area contributed by atoms with Gasteiger partial charge in [-0.25, -0.2) is 4.98 Å². The van der Waals surface area contributed by atoms with Crippen molar-refractivity contribution in [2.75, 3.05) is 18.6 Å². The zero-order valence-corrected chi connectivity index (χ0v) is 18.3. The maximum absolute atomic E-state index is 13.2. The molecule has 0 saturated heterocycles. The number of carbonyl (C=O) groups excluding carboxylic acids is 1. The fraction of sp³-hybridized carbons (Fsp3) is 0.208. The van der Waals surface area contributed by atoms with Crippen LogP contribution in [0.2, 0.25) is 0 Å². The zero-order valence-electron chi connectivity index (χ0n) is 17.4. The molecule has 2 aromatic carbocycles. The maximum Gasteiger partial charge on any atom is 0.267 e. The van der Waals surface area contributed by atoms with Gasteiger partial charge in [-0.3, -0.25) is 14.7 Å². The van der Waals surface area contributed by atoms with Gasteiger partial charge in [0.1, 0.15) is 11.5 Å². The summed E-state index contributed by atoms with van der Waals surface area (Å²) < 4.78 is 11.9. The molecule has 0 aliphatic carbocycles. The Kier molecular flexibility index (Phi) is 6.43. The highest BCUT2D eigenvalue weighted by Crippen LogP contribution is 2.31. The molecule has 0 radical (unpaired) electrons. The molecule has 0 aliphatic rings. The van der Waals surface area contributed by atoms with Gasteiger partial charge in [0.2, 0.25) is 0 Å². The van der Waals surface area contributed by atoms with Crippen molar-refractivity contribution in [1.82, 2.24) is 9.97 Å². The van der Waals surface area contributed by atoms with Crippen molar-refractivity contribution in [2.24, 2.45) is 0 Å². The molecular weight excluding hydrogens is 410 g/mol. The van der Waals surface area contributed by atoms with Crippen molar-refractivity contribution in [3.05, 3.63) is 78.1 Å². The highest BCUT2D eigenvalue weighted by Gasteiger charge is 2.21. The minimum absolute atomic E-state index is 0.102. The number of pyridine rings is 1. The largest absolute Gasteiger partial charge is 0.497 e. The second-order valence-electron chi connectivity index (χ2n) is 6.92. The molecule has 0 unspecified atom stereocenters. The first-order valence-corrected chi connectivity index (χ1v) is 10.8. The summed E-state index contributed by atoms with van der Waals surface area (Å²) in [5.74, 6) is 1.15. The van der Waals surface area contributed by atoms with Crippen molar-refractivity contribution < 1.29 is 14.3 Å². The summed E-state index contributed by atoms with van der Waals surface area (Å²) in [4.78, 5) is 23.9. The number of thiazole rings is 1. The number of methoxy groups -OCH3 is 1. The average molecular weight is 434 g/mol. The van der Waals surface area contributed by atoms with E-state index in [4.69, 9.17) is 14.5 Å². The Labute approximate surface area is 185 Å². The Morgan fingerprint density at radius 3 is 2.58 bits per heavy atom. The van der Waals surface area contributed by atoms with Crippen LogP contribution in [0.1, 0.15) is 18.2 Å². The molecule has 0 saturated carbocycles. The molecule has 4 rings (SSSR count). The quantitative estimate of drug-likeness (QED) is 0.396. The van der Waals surface area contributed by atoms with Crippen LogP contribution < -0.4 is 14.4 Å². The van der Waals surface area contributed by atoms with E-state index in [1.165, 1.54) is 16.9 Å². The first-order valence-electron chi connectivity index (χ1n) is 10.0. The smallest absolute Gasteiger partial charge is 0.267 e. The molecule has 0 spiro atoms. The molecule has 1 amide bonds. The number of benzene rings is 2. The highest BCUT2D eigenvalue weighted by atomic mass is 32.1. The van der Waals surface area contributed by atoms with Gasteiger partial charge in [0.15, 0.2) is 11.7 Å². The predicted molar refractivity (Wildman–Crippen MR) is 123 cm³/mol. The minimum atomic E-state index is -0.184. The number of nitrogens with zero attached hydrogens (tertiary/aromatic N) is 3. The van der Waals surface area contributed by atoms with Crippen molar-refractivity contribution in [3.63, 3.8) is 0 Å². The van der Waals surface area contributed by atoms with E-state index in [0.29, 0.717) is 17.4 Å². The lowest BCUT2D eigenvalue weighted by Gasteiger charge is -2.19. The van der Waals surface area contributed by atoms with Gasteiger partial charge in [-0.05, 0) is 60.5 Å². The third-order valence-electron chi connectivity index (χ3n) is 4.85. The molecule has 6 nitrogen and oxygen atoms in total. The molecule has 158 valence electrons. The first kappa shape index (κ1) is 20.8. The van der Waals surface area contributed by atoms with Gasteiger partial charge in [0, 0.05) is 6.20 Å². The molecule has 0 fully saturated rings. The van der Waals surface area contributed by atoms with Crippen LogP contribution in [0.4, 0.5) is 5.13 Å².